The Hall–Kier alpha value is 0. The molecule has 4 atom stereocenters. The summed E-state index contributed by atoms with van der Waals surface area (Å²) in [6.07, 6.45) is 12.0. The van der Waals surface area contributed by atoms with Gasteiger partial charge < -0.3 is 0 Å². The van der Waals surface area contributed by atoms with Crippen molar-refractivity contribution in [1.29, 1.82) is 0 Å². The molecule has 0 saturated heterocycles. The summed E-state index contributed by atoms with van der Waals surface area (Å²) in [6.45, 7) is 7.43. The van der Waals surface area contributed by atoms with E-state index < -0.39 is 0 Å². The molecular formula is C15H28. The Morgan fingerprint density at radius 2 is 1.93 bits per heavy atom. The summed E-state index contributed by atoms with van der Waals surface area (Å²) in [5.41, 5.74) is 0.696. The topological polar surface area (TPSA) is 0 Å². The molecule has 15 heavy (non-hydrogen) atoms. The van der Waals surface area contributed by atoms with E-state index in [1.54, 1.807) is 0 Å². The van der Waals surface area contributed by atoms with Gasteiger partial charge in [0, 0.05) is 0 Å². The minimum atomic E-state index is 0.696. The van der Waals surface area contributed by atoms with Crippen molar-refractivity contribution in [2.75, 3.05) is 0 Å². The van der Waals surface area contributed by atoms with Gasteiger partial charge in [-0.2, -0.15) is 0 Å². The van der Waals surface area contributed by atoms with E-state index in [1.165, 1.54) is 51.4 Å². The van der Waals surface area contributed by atoms with E-state index in [4.69, 9.17) is 0 Å². The lowest BCUT2D eigenvalue weighted by molar-refractivity contribution is 0.104. The van der Waals surface area contributed by atoms with Crippen LogP contribution in [-0.4, -0.2) is 0 Å². The second kappa shape index (κ2) is 4.47. The molecule has 2 rings (SSSR count). The molecular weight excluding hydrogens is 180 g/mol. The fraction of sp³-hybridized carbons (Fsp3) is 1.00. The van der Waals surface area contributed by atoms with Crippen molar-refractivity contribution in [2.45, 2.75) is 72.1 Å². The molecule has 2 aliphatic rings. The lowest BCUT2D eigenvalue weighted by Crippen LogP contribution is -2.30. The first-order chi connectivity index (χ1) is 7.15. The molecule has 0 aromatic heterocycles. The van der Waals surface area contributed by atoms with Crippen molar-refractivity contribution in [3.05, 3.63) is 0 Å². The van der Waals surface area contributed by atoms with Crippen LogP contribution in [0.15, 0.2) is 0 Å². The summed E-state index contributed by atoms with van der Waals surface area (Å²) in [6, 6.07) is 0. The first-order valence-electron chi connectivity index (χ1n) is 7.15. The molecule has 0 nitrogen and oxygen atoms in total. The first-order valence-corrected chi connectivity index (χ1v) is 7.15. The Balaban J connectivity index is 2.02. The molecule has 2 fully saturated rings. The number of rotatable bonds is 2. The molecule has 88 valence electrons. The van der Waals surface area contributed by atoms with Crippen LogP contribution >= 0.6 is 0 Å². The van der Waals surface area contributed by atoms with Gasteiger partial charge in [0.1, 0.15) is 0 Å². The minimum Gasteiger partial charge on any atom is -0.0649 e. The average Bonchev–Trinajstić information content (AvgIpc) is 2.61. The molecule has 0 aromatic rings. The van der Waals surface area contributed by atoms with Crippen molar-refractivity contribution in [2.24, 2.45) is 23.2 Å². The van der Waals surface area contributed by atoms with Crippen molar-refractivity contribution < 1.29 is 0 Å². The van der Waals surface area contributed by atoms with Crippen LogP contribution in [-0.2, 0) is 0 Å². The van der Waals surface area contributed by atoms with Gasteiger partial charge in [-0.1, -0.05) is 52.9 Å². The predicted molar refractivity (Wildman–Crippen MR) is 66.9 cm³/mol. The lowest BCUT2D eigenvalue weighted by Gasteiger charge is -2.40. The van der Waals surface area contributed by atoms with E-state index in [1.807, 2.05) is 0 Å². The monoisotopic (exact) mass is 208 g/mol. The van der Waals surface area contributed by atoms with Crippen LogP contribution in [0.4, 0.5) is 0 Å². The minimum absolute atomic E-state index is 0.696. The van der Waals surface area contributed by atoms with E-state index >= 15 is 0 Å². The molecule has 0 N–H and O–H groups in total. The summed E-state index contributed by atoms with van der Waals surface area (Å²) in [7, 11) is 0. The summed E-state index contributed by atoms with van der Waals surface area (Å²) in [4.78, 5) is 0. The molecule has 0 unspecified atom stereocenters. The second-order valence-corrected chi connectivity index (χ2v) is 6.54. The van der Waals surface area contributed by atoms with E-state index in [2.05, 4.69) is 20.8 Å². The van der Waals surface area contributed by atoms with Crippen LogP contribution in [0.1, 0.15) is 72.1 Å². The van der Waals surface area contributed by atoms with Crippen LogP contribution < -0.4 is 0 Å². The fourth-order valence-electron chi connectivity index (χ4n) is 4.35. The maximum Gasteiger partial charge on any atom is -0.0298 e. The maximum atomic E-state index is 2.56. The second-order valence-electron chi connectivity index (χ2n) is 6.54. The van der Waals surface area contributed by atoms with Gasteiger partial charge in [0.25, 0.3) is 0 Å². The zero-order valence-electron chi connectivity index (χ0n) is 10.9. The average molecular weight is 208 g/mol. The normalized spacial score (nSPS) is 47.0. The SMILES string of the molecule is CC[C@]1(C)CCC[C@H]1[C@@H]1CCC[C@@H](C)C1. The van der Waals surface area contributed by atoms with Crippen molar-refractivity contribution >= 4 is 0 Å². The molecule has 0 aromatic carbocycles. The number of hydrogen-bond donors (Lipinski definition) is 0. The van der Waals surface area contributed by atoms with E-state index in [9.17, 15) is 0 Å². The summed E-state index contributed by atoms with van der Waals surface area (Å²) >= 11 is 0. The Morgan fingerprint density at radius 3 is 2.60 bits per heavy atom. The number of hydrogen-bond acceptors (Lipinski definition) is 0. The van der Waals surface area contributed by atoms with E-state index in [0.29, 0.717) is 5.41 Å². The van der Waals surface area contributed by atoms with Gasteiger partial charge in [0.2, 0.25) is 0 Å². The van der Waals surface area contributed by atoms with Gasteiger partial charge in [-0.05, 0) is 42.4 Å². The van der Waals surface area contributed by atoms with Gasteiger partial charge in [-0.15, -0.1) is 0 Å². The molecule has 0 bridgehead atoms. The van der Waals surface area contributed by atoms with Crippen molar-refractivity contribution in [3.63, 3.8) is 0 Å². The van der Waals surface area contributed by atoms with Gasteiger partial charge >= 0.3 is 0 Å². The molecule has 0 aliphatic heterocycles. The largest absolute Gasteiger partial charge is 0.0649 e. The van der Waals surface area contributed by atoms with Gasteiger partial charge in [0.05, 0.1) is 0 Å². The lowest BCUT2D eigenvalue weighted by atomic mass is 9.66. The molecule has 0 radical (unpaired) electrons. The Kier molecular flexibility index (Phi) is 3.42. The highest BCUT2D eigenvalue weighted by atomic mass is 14.5. The van der Waals surface area contributed by atoms with Crippen LogP contribution in [0.2, 0.25) is 0 Å². The smallest absolute Gasteiger partial charge is 0.0298 e. The Labute approximate surface area is 95.8 Å². The van der Waals surface area contributed by atoms with Crippen LogP contribution in [0, 0.1) is 23.2 Å². The first kappa shape index (κ1) is 11.5. The third-order valence-corrected chi connectivity index (χ3v) is 5.51. The highest BCUT2D eigenvalue weighted by molar-refractivity contribution is 4.92. The van der Waals surface area contributed by atoms with Crippen LogP contribution in [0.5, 0.6) is 0 Å². The van der Waals surface area contributed by atoms with Crippen molar-refractivity contribution in [3.8, 4) is 0 Å². The van der Waals surface area contributed by atoms with Crippen LogP contribution in [0.3, 0.4) is 0 Å². The maximum absolute atomic E-state index is 2.56. The molecule has 0 heterocycles. The zero-order valence-corrected chi connectivity index (χ0v) is 10.9. The fourth-order valence-corrected chi connectivity index (χ4v) is 4.35. The molecule has 0 spiro atoms. The zero-order chi connectivity index (χ0) is 10.9. The molecule has 2 aliphatic carbocycles. The standard InChI is InChI=1S/C15H28/c1-4-15(3)10-6-9-14(15)13-8-5-7-12(2)11-13/h12-14H,4-11H2,1-3H3/t12-,13-,14+,15-/m1/s1. The quantitative estimate of drug-likeness (QED) is 0.597. The molecule has 2 saturated carbocycles. The van der Waals surface area contributed by atoms with E-state index in [0.717, 1.165) is 17.8 Å². The van der Waals surface area contributed by atoms with Gasteiger partial charge in [-0.25, -0.2) is 0 Å². The summed E-state index contributed by atoms with van der Waals surface area (Å²) < 4.78 is 0. The van der Waals surface area contributed by atoms with E-state index in [-0.39, 0.29) is 0 Å². The van der Waals surface area contributed by atoms with Gasteiger partial charge in [0.15, 0.2) is 0 Å². The van der Waals surface area contributed by atoms with Crippen LogP contribution in [0.25, 0.3) is 0 Å². The highest BCUT2D eigenvalue weighted by Crippen LogP contribution is 2.52. The summed E-state index contributed by atoms with van der Waals surface area (Å²) in [5.74, 6) is 3.14. The van der Waals surface area contributed by atoms with Crippen molar-refractivity contribution in [1.82, 2.24) is 0 Å². The Bertz CT molecular complexity index is 208. The third-order valence-electron chi connectivity index (χ3n) is 5.51. The summed E-state index contributed by atoms with van der Waals surface area (Å²) in [5, 5.41) is 0. The predicted octanol–water partition coefficient (Wildman–Crippen LogP) is 5.03. The van der Waals surface area contributed by atoms with Gasteiger partial charge in [-0.3, -0.25) is 0 Å². The Morgan fingerprint density at radius 1 is 1.13 bits per heavy atom. The highest BCUT2D eigenvalue weighted by Gasteiger charge is 2.42. The molecule has 0 amide bonds. The third kappa shape index (κ3) is 2.24. The molecule has 0 heteroatoms.